The second-order valence-electron chi connectivity index (χ2n) is 2.45. The number of anilines is 1. The zero-order valence-corrected chi connectivity index (χ0v) is 9.91. The molecule has 1 heterocycles. The van der Waals surface area contributed by atoms with Gasteiger partial charge in [-0.05, 0) is 40.1 Å². The predicted octanol–water partition coefficient (Wildman–Crippen LogP) is 3.38. The summed E-state index contributed by atoms with van der Waals surface area (Å²) in [4.78, 5) is 1.00. The lowest BCUT2D eigenvalue weighted by Gasteiger charge is -2.01. The van der Waals surface area contributed by atoms with Crippen LogP contribution in [0.15, 0.2) is 22.4 Å². The molecule has 2 rings (SSSR count). The van der Waals surface area contributed by atoms with Crippen LogP contribution in [0.1, 0.15) is 0 Å². The maximum absolute atomic E-state index is 5.90. The highest BCUT2D eigenvalue weighted by atomic mass is 127. The number of nitrogens with two attached hydrogens (primary N) is 1. The molecule has 0 saturated carbocycles. The Balaban J connectivity index is 2.97. The van der Waals surface area contributed by atoms with Crippen LogP contribution in [0, 0.1) is 3.57 Å². The van der Waals surface area contributed by atoms with E-state index in [2.05, 4.69) is 41.3 Å². The Morgan fingerprint density at radius 1 is 1.50 bits per heavy atom. The molecule has 0 spiro atoms. The van der Waals surface area contributed by atoms with E-state index in [1.165, 1.54) is 0 Å². The van der Waals surface area contributed by atoms with E-state index >= 15 is 0 Å². The molecule has 0 fully saturated rings. The molecule has 62 valence electrons. The summed E-state index contributed by atoms with van der Waals surface area (Å²) in [5.41, 5.74) is 6.77. The number of hydrogen-bond donors (Lipinski definition) is 2. The van der Waals surface area contributed by atoms with Crippen molar-refractivity contribution in [2.45, 2.75) is 4.90 Å². The van der Waals surface area contributed by atoms with Gasteiger partial charge in [0, 0.05) is 13.9 Å². The van der Waals surface area contributed by atoms with Gasteiger partial charge in [0.2, 0.25) is 0 Å². The normalized spacial score (nSPS) is 10.8. The standard InChI is InChI=1S/C8H6INS2/c9-5-3-6(11)4-1-2-12-8(4)7(5)10/h1-3,11H,10H2. The lowest BCUT2D eigenvalue weighted by Crippen LogP contribution is -1.89. The van der Waals surface area contributed by atoms with Gasteiger partial charge in [-0.2, -0.15) is 0 Å². The number of fused-ring (bicyclic) bond motifs is 1. The van der Waals surface area contributed by atoms with E-state index < -0.39 is 0 Å². The Labute approximate surface area is 93.5 Å². The van der Waals surface area contributed by atoms with Crippen molar-refractivity contribution >= 4 is 62.3 Å². The summed E-state index contributed by atoms with van der Waals surface area (Å²) in [5, 5.41) is 3.19. The van der Waals surface area contributed by atoms with E-state index in [9.17, 15) is 0 Å². The Morgan fingerprint density at radius 3 is 3.00 bits per heavy atom. The van der Waals surface area contributed by atoms with Gasteiger partial charge in [0.05, 0.1) is 10.4 Å². The first-order valence-corrected chi connectivity index (χ1v) is 5.75. The highest BCUT2D eigenvalue weighted by Crippen LogP contribution is 2.34. The Morgan fingerprint density at radius 2 is 2.25 bits per heavy atom. The van der Waals surface area contributed by atoms with Crippen LogP contribution in [0.2, 0.25) is 0 Å². The second-order valence-corrected chi connectivity index (χ2v) is 5.01. The van der Waals surface area contributed by atoms with E-state index in [1.807, 2.05) is 11.4 Å². The fourth-order valence-electron chi connectivity index (χ4n) is 1.10. The summed E-state index contributed by atoms with van der Waals surface area (Å²) < 4.78 is 2.22. The second kappa shape index (κ2) is 3.08. The smallest absolute Gasteiger partial charge is 0.0631 e. The van der Waals surface area contributed by atoms with Crippen LogP contribution in [0.25, 0.3) is 10.1 Å². The number of benzene rings is 1. The lowest BCUT2D eigenvalue weighted by atomic mass is 10.2. The highest BCUT2D eigenvalue weighted by molar-refractivity contribution is 14.1. The van der Waals surface area contributed by atoms with Crippen molar-refractivity contribution in [3.63, 3.8) is 0 Å². The van der Waals surface area contributed by atoms with Crippen LogP contribution < -0.4 is 5.73 Å². The van der Waals surface area contributed by atoms with E-state index in [0.717, 1.165) is 24.2 Å². The third-order valence-electron chi connectivity index (χ3n) is 1.71. The number of rotatable bonds is 0. The summed E-state index contributed by atoms with van der Waals surface area (Å²) in [7, 11) is 0. The van der Waals surface area contributed by atoms with Crippen molar-refractivity contribution in [1.29, 1.82) is 0 Å². The third-order valence-corrected chi connectivity index (χ3v) is 3.92. The molecule has 1 nitrogen and oxygen atoms in total. The minimum absolute atomic E-state index is 0.874. The fourth-order valence-corrected chi connectivity index (χ4v) is 3.39. The number of thiol groups is 1. The quantitative estimate of drug-likeness (QED) is 0.435. The number of nitrogen functional groups attached to an aromatic ring is 1. The molecule has 0 bridgehead atoms. The van der Waals surface area contributed by atoms with E-state index in [4.69, 9.17) is 5.73 Å². The largest absolute Gasteiger partial charge is 0.397 e. The number of thiophene rings is 1. The van der Waals surface area contributed by atoms with Gasteiger partial charge in [0.25, 0.3) is 0 Å². The van der Waals surface area contributed by atoms with Gasteiger partial charge in [-0.3, -0.25) is 0 Å². The molecule has 0 aliphatic rings. The van der Waals surface area contributed by atoms with Crippen molar-refractivity contribution in [3.8, 4) is 0 Å². The van der Waals surface area contributed by atoms with Crippen LogP contribution in [0.4, 0.5) is 5.69 Å². The summed E-state index contributed by atoms with van der Waals surface area (Å²) in [5.74, 6) is 0. The molecule has 1 aromatic carbocycles. The number of halogens is 1. The van der Waals surface area contributed by atoms with Gasteiger partial charge in [0.15, 0.2) is 0 Å². The molecule has 12 heavy (non-hydrogen) atoms. The zero-order chi connectivity index (χ0) is 8.72. The first-order chi connectivity index (χ1) is 5.70. The SMILES string of the molecule is Nc1c(I)cc(S)c2ccsc12. The zero-order valence-electron chi connectivity index (χ0n) is 6.04. The van der Waals surface area contributed by atoms with Gasteiger partial charge in [0.1, 0.15) is 0 Å². The predicted molar refractivity (Wildman–Crippen MR) is 66.2 cm³/mol. The van der Waals surface area contributed by atoms with Crippen molar-refractivity contribution in [3.05, 3.63) is 21.1 Å². The molecule has 0 amide bonds. The highest BCUT2D eigenvalue weighted by Gasteiger charge is 2.06. The maximum Gasteiger partial charge on any atom is 0.0631 e. The average Bonchev–Trinajstić information content (AvgIpc) is 2.48. The lowest BCUT2D eigenvalue weighted by molar-refractivity contribution is 1.55. The topological polar surface area (TPSA) is 26.0 Å². The minimum Gasteiger partial charge on any atom is -0.397 e. The summed E-state index contributed by atoms with van der Waals surface area (Å²) in [6.07, 6.45) is 0. The number of hydrogen-bond acceptors (Lipinski definition) is 3. The molecule has 0 saturated heterocycles. The first kappa shape index (κ1) is 8.65. The van der Waals surface area contributed by atoms with Gasteiger partial charge in [-0.15, -0.1) is 24.0 Å². The minimum atomic E-state index is 0.874. The van der Waals surface area contributed by atoms with Crippen LogP contribution >= 0.6 is 46.6 Å². The molecule has 0 atom stereocenters. The molecule has 4 heteroatoms. The maximum atomic E-state index is 5.90. The van der Waals surface area contributed by atoms with Gasteiger partial charge in [-0.25, -0.2) is 0 Å². The molecule has 2 aromatic rings. The molecule has 0 aliphatic heterocycles. The molecule has 1 aromatic heterocycles. The summed E-state index contributed by atoms with van der Waals surface area (Å²) in [6.45, 7) is 0. The monoisotopic (exact) mass is 307 g/mol. The van der Waals surface area contributed by atoms with Crippen LogP contribution in [-0.4, -0.2) is 0 Å². The Kier molecular flexibility index (Phi) is 2.22. The molecule has 0 aliphatic carbocycles. The average molecular weight is 307 g/mol. The molecule has 0 radical (unpaired) electrons. The molecule has 0 unspecified atom stereocenters. The van der Waals surface area contributed by atoms with Crippen LogP contribution in [-0.2, 0) is 0 Å². The van der Waals surface area contributed by atoms with Crippen LogP contribution in [0.5, 0.6) is 0 Å². The summed E-state index contributed by atoms with van der Waals surface area (Å²) >= 11 is 8.27. The van der Waals surface area contributed by atoms with E-state index in [1.54, 1.807) is 11.3 Å². The molecule has 2 N–H and O–H groups in total. The molecular weight excluding hydrogens is 301 g/mol. The van der Waals surface area contributed by atoms with E-state index in [0.29, 0.717) is 0 Å². The van der Waals surface area contributed by atoms with E-state index in [-0.39, 0.29) is 0 Å². The van der Waals surface area contributed by atoms with Crippen molar-refractivity contribution in [1.82, 2.24) is 0 Å². The Bertz CT molecular complexity index is 436. The first-order valence-electron chi connectivity index (χ1n) is 3.34. The molecular formula is C8H6INS2. The Hall–Kier alpha value is 0.0600. The van der Waals surface area contributed by atoms with Crippen LogP contribution in [0.3, 0.4) is 0 Å². The fraction of sp³-hybridized carbons (Fsp3) is 0. The van der Waals surface area contributed by atoms with Crippen molar-refractivity contribution in [2.24, 2.45) is 0 Å². The van der Waals surface area contributed by atoms with Gasteiger partial charge < -0.3 is 5.73 Å². The van der Waals surface area contributed by atoms with Gasteiger partial charge >= 0.3 is 0 Å². The van der Waals surface area contributed by atoms with Gasteiger partial charge in [-0.1, -0.05) is 0 Å². The third kappa shape index (κ3) is 1.22. The van der Waals surface area contributed by atoms with Crippen molar-refractivity contribution in [2.75, 3.05) is 5.73 Å². The summed E-state index contributed by atoms with van der Waals surface area (Å²) in [6, 6.07) is 4.04. The van der Waals surface area contributed by atoms with Crippen molar-refractivity contribution < 1.29 is 0 Å².